The number of nitrogens with zero attached hydrogens (tertiary/aromatic N) is 2. The first kappa shape index (κ1) is 8.92. The number of likely N-dealkylation sites (N-methyl/N-ethyl adjacent to an activating group) is 1. The van der Waals surface area contributed by atoms with E-state index in [4.69, 9.17) is 5.84 Å². The number of nitrogens with two attached hydrogens (primary N) is 1. The Hall–Kier alpha value is -0.170. The van der Waals surface area contributed by atoms with Crippen LogP contribution in [0.3, 0.4) is 0 Å². The number of hydrogen-bond donors (Lipinski definition) is 1. The highest BCUT2D eigenvalue weighted by Gasteiger charge is 2.31. The second-order valence-corrected chi connectivity index (χ2v) is 4.93. The zero-order chi connectivity index (χ0) is 8.65. The van der Waals surface area contributed by atoms with Gasteiger partial charge in [-0.1, -0.05) is 0 Å². The number of hydrogen-bond acceptors (Lipinski definition) is 4. The normalized spacial score (nSPS) is 22.2. The summed E-state index contributed by atoms with van der Waals surface area (Å²) >= 11 is 0. The van der Waals surface area contributed by atoms with Gasteiger partial charge in [0.1, 0.15) is 0 Å². The Morgan fingerprint density at radius 2 is 2.00 bits per heavy atom. The van der Waals surface area contributed by atoms with Crippen LogP contribution in [0.5, 0.6) is 0 Å². The number of hydrazine groups is 1. The molecule has 2 N–H and O–H groups in total. The molecule has 0 aromatic carbocycles. The van der Waals surface area contributed by atoms with Gasteiger partial charge in [0.2, 0.25) is 10.0 Å². The molecule has 0 spiro atoms. The Labute approximate surface area is 66.8 Å². The van der Waals surface area contributed by atoms with Crippen molar-refractivity contribution >= 4 is 10.0 Å². The molecular formula is C5H13N3O2S. The van der Waals surface area contributed by atoms with Crippen molar-refractivity contribution in [2.75, 3.05) is 26.4 Å². The van der Waals surface area contributed by atoms with Gasteiger partial charge in [0, 0.05) is 20.1 Å². The molecule has 1 heterocycles. The second kappa shape index (κ2) is 2.71. The predicted octanol–water partition coefficient (Wildman–Crippen LogP) is -1.56. The predicted molar refractivity (Wildman–Crippen MR) is 42.2 cm³/mol. The van der Waals surface area contributed by atoms with Gasteiger partial charge >= 0.3 is 0 Å². The molecule has 0 bridgehead atoms. The van der Waals surface area contributed by atoms with Crippen LogP contribution < -0.4 is 5.84 Å². The molecule has 0 aromatic rings. The molecule has 1 saturated heterocycles. The summed E-state index contributed by atoms with van der Waals surface area (Å²) in [5.74, 6) is 5.36. The van der Waals surface area contributed by atoms with Crippen LogP contribution in [0.1, 0.15) is 0 Å². The lowest BCUT2D eigenvalue weighted by Gasteiger charge is -2.39. The van der Waals surface area contributed by atoms with Crippen LogP contribution in [0.15, 0.2) is 0 Å². The van der Waals surface area contributed by atoms with Crippen molar-refractivity contribution in [3.63, 3.8) is 0 Å². The van der Waals surface area contributed by atoms with Gasteiger partial charge in [0.25, 0.3) is 0 Å². The average molecular weight is 179 g/mol. The van der Waals surface area contributed by atoms with Crippen LogP contribution in [0.2, 0.25) is 0 Å². The highest BCUT2D eigenvalue weighted by atomic mass is 32.2. The van der Waals surface area contributed by atoms with Crippen molar-refractivity contribution in [2.24, 2.45) is 5.84 Å². The van der Waals surface area contributed by atoms with Crippen molar-refractivity contribution in [3.05, 3.63) is 0 Å². The van der Waals surface area contributed by atoms with E-state index in [-0.39, 0.29) is 6.04 Å². The fourth-order valence-corrected chi connectivity index (χ4v) is 1.66. The average Bonchev–Trinajstić information content (AvgIpc) is 1.77. The maximum Gasteiger partial charge on any atom is 0.211 e. The first-order chi connectivity index (χ1) is 4.91. The SMILES string of the molecule is CN(C1CN(N)C1)S(C)(=O)=O. The molecular weight excluding hydrogens is 166 g/mol. The van der Waals surface area contributed by atoms with Gasteiger partial charge in [-0.05, 0) is 0 Å². The summed E-state index contributed by atoms with van der Waals surface area (Å²) < 4.78 is 23.2. The molecule has 1 rings (SSSR count). The first-order valence-corrected chi connectivity index (χ1v) is 5.19. The van der Waals surface area contributed by atoms with Crippen LogP contribution in [0, 0.1) is 0 Å². The lowest BCUT2D eigenvalue weighted by Crippen LogP contribution is -2.61. The van der Waals surface area contributed by atoms with Crippen molar-refractivity contribution < 1.29 is 8.42 Å². The smallest absolute Gasteiger partial charge is 0.211 e. The van der Waals surface area contributed by atoms with E-state index in [1.165, 1.54) is 10.6 Å². The Balaban J connectivity index is 2.51. The van der Waals surface area contributed by atoms with Gasteiger partial charge in [-0.25, -0.2) is 13.4 Å². The molecule has 0 unspecified atom stereocenters. The second-order valence-electron chi connectivity index (χ2n) is 2.89. The van der Waals surface area contributed by atoms with E-state index in [1.54, 1.807) is 12.1 Å². The van der Waals surface area contributed by atoms with Crippen molar-refractivity contribution in [1.29, 1.82) is 0 Å². The van der Waals surface area contributed by atoms with E-state index in [1.807, 2.05) is 0 Å². The van der Waals surface area contributed by atoms with Crippen molar-refractivity contribution in [2.45, 2.75) is 6.04 Å². The van der Waals surface area contributed by atoms with Gasteiger partial charge in [-0.15, -0.1) is 0 Å². The molecule has 66 valence electrons. The van der Waals surface area contributed by atoms with Gasteiger partial charge in [0.05, 0.1) is 12.3 Å². The third-order valence-electron chi connectivity index (χ3n) is 1.93. The number of rotatable bonds is 2. The molecule has 6 heteroatoms. The van der Waals surface area contributed by atoms with Crippen LogP contribution in [0.4, 0.5) is 0 Å². The van der Waals surface area contributed by atoms with Gasteiger partial charge in [-0.3, -0.25) is 5.84 Å². The zero-order valence-electron chi connectivity index (χ0n) is 6.69. The quantitative estimate of drug-likeness (QED) is 0.520. The van der Waals surface area contributed by atoms with E-state index >= 15 is 0 Å². The van der Waals surface area contributed by atoms with Gasteiger partial charge in [-0.2, -0.15) is 4.31 Å². The molecule has 5 nitrogen and oxygen atoms in total. The van der Waals surface area contributed by atoms with Crippen LogP contribution in [0.25, 0.3) is 0 Å². The van der Waals surface area contributed by atoms with Crippen molar-refractivity contribution in [3.8, 4) is 0 Å². The summed E-state index contributed by atoms with van der Waals surface area (Å²) in [6, 6.07) is 0.0648. The molecule has 0 amide bonds. The molecule has 1 aliphatic heterocycles. The Bertz CT molecular complexity index is 232. The monoisotopic (exact) mass is 179 g/mol. The fourth-order valence-electron chi connectivity index (χ4n) is 0.989. The van der Waals surface area contributed by atoms with E-state index in [2.05, 4.69) is 0 Å². The standard InChI is InChI=1S/C5H13N3O2S/c1-7(11(2,9)10)5-3-8(6)4-5/h5H,3-4,6H2,1-2H3. The minimum Gasteiger partial charge on any atom is -0.269 e. The molecule has 11 heavy (non-hydrogen) atoms. The molecule has 0 saturated carbocycles. The molecule has 1 fully saturated rings. The number of sulfonamides is 1. The third-order valence-corrected chi connectivity index (χ3v) is 3.27. The van der Waals surface area contributed by atoms with Crippen LogP contribution in [-0.4, -0.2) is 50.2 Å². The molecule has 0 atom stereocenters. The van der Waals surface area contributed by atoms with E-state index < -0.39 is 10.0 Å². The molecule has 0 radical (unpaired) electrons. The highest BCUT2D eigenvalue weighted by molar-refractivity contribution is 7.88. The Kier molecular flexibility index (Phi) is 2.19. The molecule has 0 aliphatic carbocycles. The lowest BCUT2D eigenvalue weighted by molar-refractivity contribution is 0.0914. The van der Waals surface area contributed by atoms with Crippen LogP contribution in [-0.2, 0) is 10.0 Å². The van der Waals surface area contributed by atoms with E-state index in [9.17, 15) is 8.42 Å². The minimum absolute atomic E-state index is 0.0648. The summed E-state index contributed by atoms with van der Waals surface area (Å²) in [4.78, 5) is 0. The van der Waals surface area contributed by atoms with Crippen LogP contribution >= 0.6 is 0 Å². The van der Waals surface area contributed by atoms with Gasteiger partial charge in [0.15, 0.2) is 0 Å². The van der Waals surface area contributed by atoms with Gasteiger partial charge < -0.3 is 0 Å². The molecule has 1 aliphatic rings. The van der Waals surface area contributed by atoms with E-state index in [0.717, 1.165) is 0 Å². The summed E-state index contributed by atoms with van der Waals surface area (Å²) in [6.45, 7) is 1.26. The summed E-state index contributed by atoms with van der Waals surface area (Å²) in [5.41, 5.74) is 0. The highest BCUT2D eigenvalue weighted by Crippen LogP contribution is 2.11. The topological polar surface area (TPSA) is 66.6 Å². The lowest BCUT2D eigenvalue weighted by atomic mass is 10.2. The maximum absolute atomic E-state index is 10.9. The van der Waals surface area contributed by atoms with Crippen molar-refractivity contribution in [1.82, 2.24) is 9.31 Å². The third kappa shape index (κ3) is 1.90. The maximum atomic E-state index is 10.9. The summed E-state index contributed by atoms with van der Waals surface area (Å²) in [7, 11) is -1.46. The Morgan fingerprint density at radius 1 is 1.55 bits per heavy atom. The van der Waals surface area contributed by atoms with E-state index in [0.29, 0.717) is 13.1 Å². The Morgan fingerprint density at radius 3 is 2.27 bits per heavy atom. The summed E-state index contributed by atoms with van der Waals surface area (Å²) in [6.07, 6.45) is 1.20. The fraction of sp³-hybridized carbons (Fsp3) is 1.00. The largest absolute Gasteiger partial charge is 0.269 e. The molecule has 0 aromatic heterocycles. The minimum atomic E-state index is -3.04. The zero-order valence-corrected chi connectivity index (χ0v) is 7.50. The summed E-state index contributed by atoms with van der Waals surface area (Å²) in [5, 5.41) is 1.59. The first-order valence-electron chi connectivity index (χ1n) is 3.34.